The van der Waals surface area contributed by atoms with Crippen LogP contribution in [0.4, 0.5) is 11.4 Å². The molecular formula is C37H39N3O2. The second-order valence-corrected chi connectivity index (χ2v) is 11.3. The van der Waals surface area contributed by atoms with E-state index >= 15 is 0 Å². The molecule has 0 saturated heterocycles. The molecule has 0 bridgehead atoms. The van der Waals surface area contributed by atoms with Gasteiger partial charge in [0, 0.05) is 42.6 Å². The van der Waals surface area contributed by atoms with E-state index in [2.05, 4.69) is 52.9 Å². The quantitative estimate of drug-likeness (QED) is 0.191. The molecule has 4 aromatic carbocycles. The standard InChI is InChI=1S/C20H15NO2.C17H24N2/c22-14-15-10-12-17(13-11-15)21-20(23)19-9-5-4-8-18(19)16-6-2-1-3-7-16;1-18-13-14-7-8-17(11-14)9-10-19(2)16-6-4-3-5-15(16)12-17/h1-14H,(H,21,23);3-6,11,18H,7-10,12-13H2,1-2H3. The van der Waals surface area contributed by atoms with E-state index in [-0.39, 0.29) is 5.91 Å². The summed E-state index contributed by atoms with van der Waals surface area (Å²) < 4.78 is 0. The number of carbonyl (C=O) groups is 2. The maximum absolute atomic E-state index is 12.6. The molecule has 1 unspecified atom stereocenters. The summed E-state index contributed by atoms with van der Waals surface area (Å²) in [7, 11) is 4.27. The van der Waals surface area contributed by atoms with E-state index in [1.807, 2.05) is 55.6 Å². The molecule has 1 spiro atoms. The Morgan fingerprint density at radius 3 is 2.36 bits per heavy atom. The summed E-state index contributed by atoms with van der Waals surface area (Å²) in [6.45, 7) is 2.22. The topological polar surface area (TPSA) is 61.4 Å². The maximum atomic E-state index is 12.6. The minimum Gasteiger partial charge on any atom is -0.374 e. The van der Waals surface area contributed by atoms with Gasteiger partial charge >= 0.3 is 0 Å². The predicted molar refractivity (Wildman–Crippen MR) is 173 cm³/mol. The highest BCUT2D eigenvalue weighted by atomic mass is 16.1. The molecule has 2 aliphatic rings. The lowest BCUT2D eigenvalue weighted by Crippen LogP contribution is -2.23. The van der Waals surface area contributed by atoms with E-state index in [0.29, 0.717) is 22.2 Å². The van der Waals surface area contributed by atoms with Gasteiger partial charge in [-0.1, -0.05) is 78.4 Å². The molecule has 214 valence electrons. The zero-order chi connectivity index (χ0) is 29.4. The van der Waals surface area contributed by atoms with Crippen LogP contribution < -0.4 is 15.5 Å². The van der Waals surface area contributed by atoms with Crippen molar-refractivity contribution in [3.05, 3.63) is 131 Å². The summed E-state index contributed by atoms with van der Waals surface area (Å²) in [6, 6.07) is 33.0. The van der Waals surface area contributed by atoms with Crippen molar-refractivity contribution in [3.8, 4) is 11.1 Å². The summed E-state index contributed by atoms with van der Waals surface area (Å²) >= 11 is 0. The van der Waals surface area contributed by atoms with Crippen molar-refractivity contribution in [2.45, 2.75) is 25.7 Å². The van der Waals surface area contributed by atoms with Gasteiger partial charge in [0.2, 0.25) is 0 Å². The molecule has 42 heavy (non-hydrogen) atoms. The first kappa shape index (κ1) is 29.0. The van der Waals surface area contributed by atoms with Gasteiger partial charge in [0.25, 0.3) is 5.91 Å². The van der Waals surface area contributed by atoms with E-state index in [0.717, 1.165) is 24.0 Å². The number of aldehydes is 1. The van der Waals surface area contributed by atoms with Crippen LogP contribution in [-0.2, 0) is 6.42 Å². The summed E-state index contributed by atoms with van der Waals surface area (Å²) in [4.78, 5) is 25.7. The van der Waals surface area contributed by atoms with E-state index in [1.54, 1.807) is 35.9 Å². The van der Waals surface area contributed by atoms with E-state index < -0.39 is 0 Å². The number of hydrogen-bond acceptors (Lipinski definition) is 4. The van der Waals surface area contributed by atoms with Crippen molar-refractivity contribution in [2.75, 3.05) is 37.4 Å². The first-order chi connectivity index (χ1) is 20.5. The third kappa shape index (κ3) is 6.87. The molecule has 0 saturated carbocycles. The Kier molecular flexibility index (Phi) is 9.30. The van der Waals surface area contributed by atoms with Gasteiger partial charge in [-0.15, -0.1) is 0 Å². The van der Waals surface area contributed by atoms with Gasteiger partial charge < -0.3 is 15.5 Å². The molecule has 0 radical (unpaired) electrons. The monoisotopic (exact) mass is 557 g/mol. The van der Waals surface area contributed by atoms with Crippen LogP contribution in [0.1, 0.15) is 45.5 Å². The molecule has 5 nitrogen and oxygen atoms in total. The largest absolute Gasteiger partial charge is 0.374 e. The normalized spacial score (nSPS) is 17.4. The molecule has 0 fully saturated rings. The fraction of sp³-hybridized carbons (Fsp3) is 0.243. The fourth-order valence-corrected chi connectivity index (χ4v) is 6.10. The summed E-state index contributed by atoms with van der Waals surface area (Å²) in [6.07, 6.45) is 8.45. The SMILES string of the molecule is CNCC1=CC2(CC1)CCN(C)c1ccccc1C2.O=Cc1ccc(NC(=O)c2ccccc2-c2ccccc2)cc1. The van der Waals surface area contributed by atoms with Crippen molar-refractivity contribution in [1.82, 2.24) is 5.32 Å². The number of rotatable bonds is 6. The Morgan fingerprint density at radius 1 is 0.881 bits per heavy atom. The van der Waals surface area contributed by atoms with Crippen LogP contribution in [0.15, 0.2) is 115 Å². The molecule has 2 N–H and O–H groups in total. The minimum absolute atomic E-state index is 0.177. The van der Waals surface area contributed by atoms with Crippen molar-refractivity contribution >= 4 is 23.6 Å². The van der Waals surface area contributed by atoms with Gasteiger partial charge in [0.15, 0.2) is 0 Å². The molecule has 0 aromatic heterocycles. The third-order valence-corrected chi connectivity index (χ3v) is 8.31. The Hall–Kier alpha value is -4.48. The Balaban J connectivity index is 0.000000171. The van der Waals surface area contributed by atoms with E-state index in [1.165, 1.54) is 43.5 Å². The minimum atomic E-state index is -0.177. The number of amides is 1. The number of hydrogen-bond donors (Lipinski definition) is 2. The fourth-order valence-electron chi connectivity index (χ4n) is 6.10. The summed E-state index contributed by atoms with van der Waals surface area (Å²) in [5.74, 6) is -0.177. The number of carbonyl (C=O) groups excluding carboxylic acids is 2. The van der Waals surface area contributed by atoms with Crippen molar-refractivity contribution < 1.29 is 9.59 Å². The smallest absolute Gasteiger partial charge is 0.256 e. The predicted octanol–water partition coefficient (Wildman–Crippen LogP) is 7.41. The highest BCUT2D eigenvalue weighted by Crippen LogP contribution is 2.45. The van der Waals surface area contributed by atoms with Crippen molar-refractivity contribution in [3.63, 3.8) is 0 Å². The Bertz CT molecular complexity index is 1550. The molecule has 4 aromatic rings. The zero-order valence-electron chi connectivity index (χ0n) is 24.5. The first-order valence-corrected chi connectivity index (χ1v) is 14.7. The van der Waals surface area contributed by atoms with Crippen LogP contribution in [0.25, 0.3) is 11.1 Å². The van der Waals surface area contributed by atoms with Crippen LogP contribution in [0.2, 0.25) is 0 Å². The highest BCUT2D eigenvalue weighted by molar-refractivity contribution is 6.08. The molecule has 1 aliphatic carbocycles. The zero-order valence-corrected chi connectivity index (χ0v) is 24.5. The molecule has 6 rings (SSSR count). The summed E-state index contributed by atoms with van der Waals surface area (Å²) in [5.41, 5.74) is 8.68. The Morgan fingerprint density at radius 2 is 1.60 bits per heavy atom. The Labute approximate surface area is 249 Å². The van der Waals surface area contributed by atoms with Gasteiger partial charge in [-0.2, -0.15) is 0 Å². The number of benzene rings is 4. The van der Waals surface area contributed by atoms with Crippen molar-refractivity contribution in [1.29, 1.82) is 0 Å². The number of fused-ring (bicyclic) bond motifs is 1. The number of nitrogens with zero attached hydrogens (tertiary/aromatic N) is 1. The van der Waals surface area contributed by atoms with Gasteiger partial charge in [-0.3, -0.25) is 9.59 Å². The van der Waals surface area contributed by atoms with Gasteiger partial charge in [-0.25, -0.2) is 0 Å². The maximum Gasteiger partial charge on any atom is 0.256 e. The molecule has 1 amide bonds. The number of nitrogens with one attached hydrogen (secondary N) is 2. The third-order valence-electron chi connectivity index (χ3n) is 8.31. The summed E-state index contributed by atoms with van der Waals surface area (Å²) in [5, 5.41) is 6.16. The van der Waals surface area contributed by atoms with Crippen LogP contribution in [0.5, 0.6) is 0 Å². The number of para-hydroxylation sites is 1. The lowest BCUT2D eigenvalue weighted by Gasteiger charge is -2.25. The van der Waals surface area contributed by atoms with E-state index in [9.17, 15) is 9.59 Å². The van der Waals surface area contributed by atoms with Crippen molar-refractivity contribution in [2.24, 2.45) is 5.41 Å². The van der Waals surface area contributed by atoms with Gasteiger partial charge in [0.05, 0.1) is 0 Å². The molecule has 1 atom stereocenters. The van der Waals surface area contributed by atoms with Crippen LogP contribution in [0, 0.1) is 5.41 Å². The van der Waals surface area contributed by atoms with Gasteiger partial charge in [0.1, 0.15) is 6.29 Å². The van der Waals surface area contributed by atoms with Crippen LogP contribution >= 0.6 is 0 Å². The lowest BCUT2D eigenvalue weighted by atomic mass is 9.79. The van der Waals surface area contributed by atoms with Gasteiger partial charge in [-0.05, 0) is 91.2 Å². The molecule has 1 aliphatic heterocycles. The molecule has 5 heteroatoms. The second kappa shape index (κ2) is 13.5. The second-order valence-electron chi connectivity index (χ2n) is 11.3. The van der Waals surface area contributed by atoms with E-state index in [4.69, 9.17) is 0 Å². The number of anilines is 2. The van der Waals surface area contributed by atoms with Crippen LogP contribution in [-0.4, -0.2) is 39.4 Å². The van der Waals surface area contributed by atoms with Crippen LogP contribution in [0.3, 0.4) is 0 Å². The average molecular weight is 558 g/mol. The lowest BCUT2D eigenvalue weighted by molar-refractivity contribution is 0.102. The number of allylic oxidation sites excluding steroid dienone is 1. The highest BCUT2D eigenvalue weighted by Gasteiger charge is 2.35. The number of likely N-dealkylation sites (N-methyl/N-ethyl adjacent to an activating group) is 1. The first-order valence-electron chi connectivity index (χ1n) is 14.7. The average Bonchev–Trinajstić information content (AvgIpc) is 3.37. The molecular weight excluding hydrogens is 518 g/mol. The molecule has 1 heterocycles.